The largest absolute Gasteiger partial charge is 0.294 e. The highest BCUT2D eigenvalue weighted by Gasteiger charge is 2.39. The molecular weight excluding hydrogens is 268 g/mol. The Morgan fingerprint density at radius 1 is 1.00 bits per heavy atom. The van der Waals surface area contributed by atoms with Gasteiger partial charge >= 0.3 is 0 Å². The summed E-state index contributed by atoms with van der Waals surface area (Å²) in [5.41, 5.74) is 2.78. The van der Waals surface area contributed by atoms with Gasteiger partial charge in [0, 0.05) is 5.02 Å². The predicted molar refractivity (Wildman–Crippen MR) is 82.8 cm³/mol. The molecule has 2 aromatic rings. The molecule has 2 aromatic carbocycles. The molecule has 3 rings (SSSR count). The molecule has 0 spiro atoms. The molecule has 0 aromatic heterocycles. The summed E-state index contributed by atoms with van der Waals surface area (Å²) >= 11 is 5.91. The quantitative estimate of drug-likeness (QED) is 0.783. The van der Waals surface area contributed by atoms with Gasteiger partial charge in [0.2, 0.25) is 0 Å². The Balaban J connectivity index is 1.94. The van der Waals surface area contributed by atoms with Gasteiger partial charge < -0.3 is 0 Å². The summed E-state index contributed by atoms with van der Waals surface area (Å²) in [6.07, 6.45) is 2.51. The van der Waals surface area contributed by atoms with Gasteiger partial charge in [0.25, 0.3) is 0 Å². The zero-order valence-electron chi connectivity index (χ0n) is 11.3. The summed E-state index contributed by atoms with van der Waals surface area (Å²) in [5.74, 6) is 0.175. The molecule has 1 aliphatic rings. The number of allylic oxidation sites excluding steroid dienone is 2. The van der Waals surface area contributed by atoms with Crippen molar-refractivity contribution in [3.05, 3.63) is 76.8 Å². The van der Waals surface area contributed by atoms with E-state index in [2.05, 4.69) is 0 Å². The van der Waals surface area contributed by atoms with E-state index in [1.807, 2.05) is 61.5 Å². The predicted octanol–water partition coefficient (Wildman–Crippen LogP) is 4.65. The van der Waals surface area contributed by atoms with Crippen LogP contribution in [0.5, 0.6) is 0 Å². The Morgan fingerprint density at radius 3 is 2.30 bits per heavy atom. The average molecular weight is 283 g/mol. The van der Waals surface area contributed by atoms with Gasteiger partial charge in [-0.25, -0.2) is 0 Å². The molecule has 2 heteroatoms. The van der Waals surface area contributed by atoms with Crippen LogP contribution in [-0.4, -0.2) is 5.78 Å². The molecule has 1 nitrogen and oxygen atoms in total. The van der Waals surface area contributed by atoms with E-state index in [9.17, 15) is 4.79 Å². The lowest BCUT2D eigenvalue weighted by Crippen LogP contribution is -2.27. The maximum atomic E-state index is 12.4. The fourth-order valence-corrected chi connectivity index (χ4v) is 2.86. The van der Waals surface area contributed by atoms with Gasteiger partial charge in [-0.3, -0.25) is 4.79 Å². The molecule has 0 heterocycles. The Hall–Kier alpha value is -1.86. The smallest absolute Gasteiger partial charge is 0.166 e. The lowest BCUT2D eigenvalue weighted by atomic mass is 9.78. The molecule has 1 aliphatic carbocycles. The van der Waals surface area contributed by atoms with E-state index in [0.717, 1.165) is 23.1 Å². The number of carbonyl (C=O) groups is 1. The van der Waals surface area contributed by atoms with Crippen LogP contribution in [0.2, 0.25) is 5.02 Å². The second-order valence-electron chi connectivity index (χ2n) is 5.42. The fourth-order valence-electron chi connectivity index (χ4n) is 2.74. The lowest BCUT2D eigenvalue weighted by molar-refractivity contribution is -0.118. The van der Waals surface area contributed by atoms with Crippen molar-refractivity contribution in [2.45, 2.75) is 18.8 Å². The number of ketones is 1. The van der Waals surface area contributed by atoms with Gasteiger partial charge in [-0.05, 0) is 48.3 Å². The number of halogens is 1. The highest BCUT2D eigenvalue weighted by atomic mass is 35.5. The number of hydrogen-bond acceptors (Lipinski definition) is 1. The molecule has 1 atom stereocenters. The second kappa shape index (κ2) is 4.92. The first-order chi connectivity index (χ1) is 9.59. The van der Waals surface area contributed by atoms with Crippen LogP contribution in [0.25, 0.3) is 5.57 Å². The van der Waals surface area contributed by atoms with Crippen LogP contribution >= 0.6 is 11.6 Å². The first-order valence-electron chi connectivity index (χ1n) is 6.66. The number of hydrogen-bond donors (Lipinski definition) is 0. The van der Waals surface area contributed by atoms with E-state index >= 15 is 0 Å². The van der Waals surface area contributed by atoms with Crippen LogP contribution in [0.3, 0.4) is 0 Å². The van der Waals surface area contributed by atoms with Crippen molar-refractivity contribution in [2.75, 3.05) is 0 Å². The Morgan fingerprint density at radius 2 is 1.65 bits per heavy atom. The minimum Gasteiger partial charge on any atom is -0.294 e. The zero-order chi connectivity index (χ0) is 14.2. The first kappa shape index (κ1) is 13.1. The van der Waals surface area contributed by atoms with E-state index in [1.165, 1.54) is 0 Å². The Labute approximate surface area is 123 Å². The second-order valence-corrected chi connectivity index (χ2v) is 5.85. The molecule has 100 valence electrons. The van der Waals surface area contributed by atoms with Crippen molar-refractivity contribution < 1.29 is 4.79 Å². The SMILES string of the molecule is C[C@@]1(c2ccccc2)CC(c2ccc(Cl)cc2)=CC1=O. The van der Waals surface area contributed by atoms with Gasteiger partial charge in [-0.1, -0.05) is 54.1 Å². The minimum atomic E-state index is -0.448. The van der Waals surface area contributed by atoms with E-state index < -0.39 is 5.41 Å². The number of benzene rings is 2. The first-order valence-corrected chi connectivity index (χ1v) is 7.04. The highest BCUT2D eigenvalue weighted by molar-refractivity contribution is 6.30. The molecule has 0 saturated carbocycles. The van der Waals surface area contributed by atoms with Crippen molar-refractivity contribution in [2.24, 2.45) is 0 Å². The third-order valence-corrected chi connectivity index (χ3v) is 4.27. The lowest BCUT2D eigenvalue weighted by Gasteiger charge is -2.23. The molecule has 0 amide bonds. The van der Waals surface area contributed by atoms with E-state index in [1.54, 1.807) is 6.08 Å². The van der Waals surface area contributed by atoms with Gasteiger partial charge in [-0.15, -0.1) is 0 Å². The van der Waals surface area contributed by atoms with E-state index in [-0.39, 0.29) is 5.78 Å². The summed E-state index contributed by atoms with van der Waals surface area (Å²) in [5, 5.41) is 0.712. The summed E-state index contributed by atoms with van der Waals surface area (Å²) in [6.45, 7) is 2.02. The van der Waals surface area contributed by atoms with Crippen LogP contribution in [0, 0.1) is 0 Å². The van der Waals surface area contributed by atoms with E-state index in [4.69, 9.17) is 11.6 Å². The Kier molecular flexibility index (Phi) is 3.23. The summed E-state index contributed by atoms with van der Waals surface area (Å²) < 4.78 is 0. The summed E-state index contributed by atoms with van der Waals surface area (Å²) in [4.78, 5) is 12.4. The van der Waals surface area contributed by atoms with Crippen LogP contribution < -0.4 is 0 Å². The Bertz CT molecular complexity index is 670. The monoisotopic (exact) mass is 282 g/mol. The third-order valence-electron chi connectivity index (χ3n) is 4.02. The maximum Gasteiger partial charge on any atom is 0.166 e. The van der Waals surface area contributed by atoms with Crippen molar-refractivity contribution in [1.29, 1.82) is 0 Å². The third kappa shape index (κ3) is 2.19. The molecule has 0 aliphatic heterocycles. The molecule has 0 unspecified atom stereocenters. The molecular formula is C18H15ClO. The molecule has 0 bridgehead atoms. The van der Waals surface area contributed by atoms with Gasteiger partial charge in [0.05, 0.1) is 5.41 Å². The van der Waals surface area contributed by atoms with Crippen LogP contribution in [-0.2, 0) is 10.2 Å². The zero-order valence-corrected chi connectivity index (χ0v) is 12.0. The van der Waals surface area contributed by atoms with Crippen molar-refractivity contribution >= 4 is 23.0 Å². The molecule has 0 N–H and O–H groups in total. The highest BCUT2D eigenvalue weighted by Crippen LogP contribution is 2.41. The number of carbonyl (C=O) groups excluding carboxylic acids is 1. The fraction of sp³-hybridized carbons (Fsp3) is 0.167. The molecule has 20 heavy (non-hydrogen) atoms. The molecule has 0 radical (unpaired) electrons. The maximum absolute atomic E-state index is 12.4. The van der Waals surface area contributed by atoms with Crippen molar-refractivity contribution in [3.8, 4) is 0 Å². The molecule has 0 saturated heterocycles. The van der Waals surface area contributed by atoms with Gasteiger partial charge in [-0.2, -0.15) is 0 Å². The summed E-state index contributed by atoms with van der Waals surface area (Å²) in [6, 6.07) is 17.6. The van der Waals surface area contributed by atoms with Crippen LogP contribution in [0.1, 0.15) is 24.5 Å². The molecule has 0 fully saturated rings. The number of rotatable bonds is 2. The van der Waals surface area contributed by atoms with Crippen molar-refractivity contribution in [3.63, 3.8) is 0 Å². The van der Waals surface area contributed by atoms with Crippen LogP contribution in [0.15, 0.2) is 60.7 Å². The van der Waals surface area contributed by atoms with Gasteiger partial charge in [0.1, 0.15) is 0 Å². The van der Waals surface area contributed by atoms with E-state index in [0.29, 0.717) is 5.02 Å². The van der Waals surface area contributed by atoms with Crippen molar-refractivity contribution in [1.82, 2.24) is 0 Å². The van der Waals surface area contributed by atoms with Crippen LogP contribution in [0.4, 0.5) is 0 Å². The minimum absolute atomic E-state index is 0.175. The topological polar surface area (TPSA) is 17.1 Å². The standard InChI is InChI=1S/C18H15ClO/c1-18(15-5-3-2-4-6-15)12-14(11-17(18)20)13-7-9-16(19)10-8-13/h2-11H,12H2,1H3/t18-/m0/s1. The normalized spacial score (nSPS) is 21.9. The van der Waals surface area contributed by atoms with Gasteiger partial charge in [0.15, 0.2) is 5.78 Å². The average Bonchev–Trinajstić information content (AvgIpc) is 2.78. The summed E-state index contributed by atoms with van der Waals surface area (Å²) in [7, 11) is 0.